The van der Waals surface area contributed by atoms with Crippen LogP contribution in [0.3, 0.4) is 0 Å². The predicted molar refractivity (Wildman–Crippen MR) is 202 cm³/mol. The molecule has 0 aliphatic carbocycles. The summed E-state index contributed by atoms with van der Waals surface area (Å²) in [6.45, 7) is -0.136. The molecule has 0 aliphatic rings. The van der Waals surface area contributed by atoms with Crippen LogP contribution in [0.5, 0.6) is 0 Å². The molecule has 1 aromatic heterocycles. The summed E-state index contributed by atoms with van der Waals surface area (Å²) in [7, 11) is -13.9. The summed E-state index contributed by atoms with van der Waals surface area (Å²) in [5.41, 5.74) is 3.65. The molecule has 0 amide bonds. The standard InChI is InChI=1S/C35H30N8O9S3/c44-53(45,46)17-16-36-35-38-33(18-23-6-11-27(12-7-23)41-40-26-4-2-1-3-5-26)37-34(39-35)19-24-8-13-28(14-9-24)42-43-29-15-10-25-20-30(54(47,48)49)22-32(31(25)21-29)55(50,51)52/h1-15,20-22H,16-19H2,(H,44,45,46)(H,47,48,49)(H,50,51,52)(H,36,37,38,39). The molecular weight excluding hydrogens is 773 g/mol. The molecule has 55 heavy (non-hydrogen) atoms. The average molecular weight is 803 g/mol. The molecule has 0 aliphatic heterocycles. The van der Waals surface area contributed by atoms with E-state index in [1.165, 1.54) is 18.2 Å². The van der Waals surface area contributed by atoms with Crippen LogP contribution >= 0.6 is 0 Å². The first-order chi connectivity index (χ1) is 26.1. The zero-order chi connectivity index (χ0) is 39.2. The molecule has 0 atom stereocenters. The molecule has 282 valence electrons. The molecule has 5 aromatic carbocycles. The number of hydrogen-bond acceptors (Lipinski definition) is 14. The first-order valence-corrected chi connectivity index (χ1v) is 20.6. The van der Waals surface area contributed by atoms with Gasteiger partial charge in [0.15, 0.2) is 0 Å². The number of fused-ring (bicyclic) bond motifs is 1. The van der Waals surface area contributed by atoms with Crippen molar-refractivity contribution in [2.24, 2.45) is 20.5 Å². The van der Waals surface area contributed by atoms with Gasteiger partial charge in [0.25, 0.3) is 30.4 Å². The monoisotopic (exact) mass is 802 g/mol. The lowest BCUT2D eigenvalue weighted by Crippen LogP contribution is -2.17. The second-order valence-corrected chi connectivity index (χ2v) is 16.3. The van der Waals surface area contributed by atoms with Crippen LogP contribution < -0.4 is 5.32 Å². The van der Waals surface area contributed by atoms with E-state index in [1.807, 2.05) is 54.6 Å². The van der Waals surface area contributed by atoms with Gasteiger partial charge in [-0.3, -0.25) is 13.7 Å². The van der Waals surface area contributed by atoms with Crippen molar-refractivity contribution in [3.63, 3.8) is 0 Å². The number of azo groups is 2. The van der Waals surface area contributed by atoms with Crippen molar-refractivity contribution in [2.45, 2.75) is 22.6 Å². The quantitative estimate of drug-likeness (QED) is 0.0651. The van der Waals surface area contributed by atoms with E-state index in [0.717, 1.165) is 22.9 Å². The van der Waals surface area contributed by atoms with E-state index >= 15 is 0 Å². The Kier molecular flexibility index (Phi) is 11.4. The van der Waals surface area contributed by atoms with Gasteiger partial charge in [-0.1, -0.05) is 48.5 Å². The van der Waals surface area contributed by atoms with Gasteiger partial charge in [-0.25, -0.2) is 4.98 Å². The number of nitrogens with zero attached hydrogens (tertiary/aromatic N) is 7. The Morgan fingerprint density at radius 3 is 1.56 bits per heavy atom. The Balaban J connectivity index is 1.19. The van der Waals surface area contributed by atoms with E-state index < -0.39 is 45.9 Å². The van der Waals surface area contributed by atoms with Gasteiger partial charge in [0.05, 0.1) is 33.4 Å². The third kappa shape index (κ3) is 11.1. The second-order valence-electron chi connectivity index (χ2n) is 11.9. The minimum Gasteiger partial charge on any atom is -0.353 e. The van der Waals surface area contributed by atoms with E-state index in [0.29, 0.717) is 35.5 Å². The van der Waals surface area contributed by atoms with Gasteiger partial charge in [0, 0.05) is 24.8 Å². The fraction of sp³-hybridized carbons (Fsp3) is 0.114. The molecule has 0 fully saturated rings. The summed E-state index contributed by atoms with van der Waals surface area (Å²) in [4.78, 5) is 12.1. The average Bonchev–Trinajstić information content (AvgIpc) is 3.13. The Morgan fingerprint density at radius 2 is 1.05 bits per heavy atom. The van der Waals surface area contributed by atoms with Crippen LogP contribution in [0.15, 0.2) is 139 Å². The van der Waals surface area contributed by atoms with E-state index in [-0.39, 0.29) is 35.4 Å². The van der Waals surface area contributed by atoms with E-state index in [4.69, 9.17) is 4.55 Å². The Hall–Kier alpha value is -5.90. The molecule has 0 saturated carbocycles. The lowest BCUT2D eigenvalue weighted by atomic mass is 10.1. The first kappa shape index (κ1) is 38.8. The number of anilines is 1. The summed E-state index contributed by atoms with van der Waals surface area (Å²) in [5, 5.41) is 19.7. The maximum absolute atomic E-state index is 12.0. The first-order valence-electron chi connectivity index (χ1n) is 16.1. The number of nitrogens with one attached hydrogen (secondary N) is 1. The van der Waals surface area contributed by atoms with Crippen molar-refractivity contribution in [2.75, 3.05) is 17.6 Å². The zero-order valence-corrected chi connectivity index (χ0v) is 30.8. The van der Waals surface area contributed by atoms with E-state index in [1.54, 1.807) is 24.3 Å². The smallest absolute Gasteiger partial charge is 0.295 e. The Bertz CT molecular complexity index is 2750. The summed E-state index contributed by atoms with van der Waals surface area (Å²) in [6.07, 6.45) is 0.577. The van der Waals surface area contributed by atoms with Crippen LogP contribution in [0, 0.1) is 0 Å². The largest absolute Gasteiger partial charge is 0.353 e. The van der Waals surface area contributed by atoms with Crippen molar-refractivity contribution in [1.82, 2.24) is 15.0 Å². The minimum absolute atomic E-state index is 0.0347. The maximum Gasteiger partial charge on any atom is 0.295 e. The van der Waals surface area contributed by atoms with Crippen LogP contribution in [0.25, 0.3) is 10.8 Å². The van der Waals surface area contributed by atoms with Crippen LogP contribution in [0.2, 0.25) is 0 Å². The van der Waals surface area contributed by atoms with Gasteiger partial charge >= 0.3 is 0 Å². The summed E-state index contributed by atoms with van der Waals surface area (Å²) in [6, 6.07) is 29.4. The molecular formula is C35H30N8O9S3. The van der Waals surface area contributed by atoms with Crippen molar-refractivity contribution < 1.29 is 38.9 Å². The van der Waals surface area contributed by atoms with Gasteiger partial charge in [-0.15, -0.1) is 0 Å². The number of rotatable bonds is 14. The predicted octanol–water partition coefficient (Wildman–Crippen LogP) is 6.83. The normalized spacial score (nSPS) is 12.5. The molecule has 6 rings (SSSR count). The van der Waals surface area contributed by atoms with Gasteiger partial charge in [0.2, 0.25) is 5.95 Å². The van der Waals surface area contributed by atoms with Crippen molar-refractivity contribution >= 4 is 69.8 Å². The van der Waals surface area contributed by atoms with Crippen molar-refractivity contribution in [1.29, 1.82) is 0 Å². The highest BCUT2D eigenvalue weighted by atomic mass is 32.2. The number of hydrogen-bond donors (Lipinski definition) is 4. The molecule has 0 saturated heterocycles. The maximum atomic E-state index is 12.0. The molecule has 6 aromatic rings. The fourth-order valence-electron chi connectivity index (χ4n) is 5.16. The van der Waals surface area contributed by atoms with Crippen molar-refractivity contribution in [3.8, 4) is 0 Å². The Morgan fingerprint density at radius 1 is 0.545 bits per heavy atom. The van der Waals surface area contributed by atoms with Gasteiger partial charge in [0.1, 0.15) is 16.5 Å². The van der Waals surface area contributed by atoms with Crippen LogP contribution in [-0.4, -0.2) is 66.2 Å². The van der Waals surface area contributed by atoms with E-state index in [9.17, 15) is 34.4 Å². The topological polar surface area (TPSA) is 263 Å². The number of benzene rings is 5. The SMILES string of the molecule is O=S(=O)(O)CCNc1nc(Cc2ccc(N=Nc3ccccc3)cc2)nc(Cc2ccc(N=Nc3ccc4cc(S(=O)(=O)O)cc(S(=O)(=O)O)c4c3)cc2)n1. The molecule has 20 heteroatoms. The lowest BCUT2D eigenvalue weighted by Gasteiger charge is -2.09. The molecule has 1 heterocycles. The summed E-state index contributed by atoms with van der Waals surface area (Å²) >= 11 is 0. The molecule has 0 unspecified atom stereocenters. The highest BCUT2D eigenvalue weighted by Crippen LogP contribution is 2.31. The highest BCUT2D eigenvalue weighted by Gasteiger charge is 2.21. The molecule has 4 N–H and O–H groups in total. The molecule has 0 spiro atoms. The van der Waals surface area contributed by atoms with Gasteiger partial charge < -0.3 is 5.32 Å². The molecule has 0 radical (unpaired) electrons. The lowest BCUT2D eigenvalue weighted by molar-refractivity contribution is 0.479. The second kappa shape index (κ2) is 16.2. The summed E-state index contributed by atoms with van der Waals surface area (Å²) in [5.74, 6) is 0.369. The number of aromatic nitrogens is 3. The Labute approximate surface area is 315 Å². The minimum atomic E-state index is -4.88. The third-order valence-electron chi connectivity index (χ3n) is 7.74. The highest BCUT2D eigenvalue weighted by molar-refractivity contribution is 7.87. The third-order valence-corrected chi connectivity index (χ3v) is 10.2. The van der Waals surface area contributed by atoms with Crippen LogP contribution in [0.1, 0.15) is 22.8 Å². The summed E-state index contributed by atoms with van der Waals surface area (Å²) < 4.78 is 98.1. The van der Waals surface area contributed by atoms with E-state index in [2.05, 4.69) is 40.7 Å². The molecule has 17 nitrogen and oxygen atoms in total. The molecule has 0 bridgehead atoms. The van der Waals surface area contributed by atoms with Crippen LogP contribution in [0.4, 0.5) is 28.7 Å². The van der Waals surface area contributed by atoms with Crippen LogP contribution in [-0.2, 0) is 43.2 Å². The van der Waals surface area contributed by atoms with Gasteiger partial charge in [-0.05, 0) is 77.2 Å². The fourth-order valence-corrected chi connectivity index (χ4v) is 6.87. The van der Waals surface area contributed by atoms with Gasteiger partial charge in [-0.2, -0.15) is 55.7 Å². The van der Waals surface area contributed by atoms with Crippen molar-refractivity contribution in [3.05, 3.63) is 132 Å². The zero-order valence-electron chi connectivity index (χ0n) is 28.4.